The molecule has 1 aliphatic rings. The van der Waals surface area contributed by atoms with Gasteiger partial charge in [-0.1, -0.05) is 18.2 Å². The first kappa shape index (κ1) is 11.1. The molecule has 4 heteroatoms. The van der Waals surface area contributed by atoms with Crippen molar-refractivity contribution in [3.05, 3.63) is 29.8 Å². The average Bonchev–Trinajstić information content (AvgIpc) is 2.29. The predicted octanol–water partition coefficient (Wildman–Crippen LogP) is 1.80. The number of nitrogens with zero attached hydrogens (tertiary/aromatic N) is 1. The van der Waals surface area contributed by atoms with Crippen LogP contribution in [0.15, 0.2) is 24.3 Å². The van der Waals surface area contributed by atoms with Gasteiger partial charge in [-0.3, -0.25) is 9.63 Å². The Bertz CT molecular complexity index is 390. The number of hydrogen-bond acceptors (Lipinski definition) is 3. The Labute approximate surface area is 94.4 Å². The highest BCUT2D eigenvalue weighted by molar-refractivity contribution is 5.92. The fourth-order valence-corrected chi connectivity index (χ4v) is 1.78. The van der Waals surface area contributed by atoms with Gasteiger partial charge in [-0.2, -0.15) is 5.06 Å². The monoisotopic (exact) mass is 221 g/mol. The average molecular weight is 221 g/mol. The maximum Gasteiger partial charge on any atom is 0.250 e. The van der Waals surface area contributed by atoms with Crippen molar-refractivity contribution >= 4 is 11.6 Å². The lowest BCUT2D eigenvalue weighted by Crippen LogP contribution is -2.36. The van der Waals surface area contributed by atoms with Crippen LogP contribution in [0.5, 0.6) is 0 Å². The summed E-state index contributed by atoms with van der Waals surface area (Å²) in [5, 5.41) is 10.9. The molecule has 1 aromatic rings. The summed E-state index contributed by atoms with van der Waals surface area (Å²) in [6.07, 6.45) is 0.634. The number of rotatable bonds is 2. The number of carbonyl (C=O) groups excluding carboxylic acids is 1. The molecule has 1 fully saturated rings. The second-order valence-electron chi connectivity index (χ2n) is 3.86. The van der Waals surface area contributed by atoms with Crippen LogP contribution in [-0.2, 0) is 9.63 Å². The summed E-state index contributed by atoms with van der Waals surface area (Å²) >= 11 is 0. The fraction of sp³-hybridized carbons (Fsp3) is 0.417. The van der Waals surface area contributed by atoms with Gasteiger partial charge in [-0.25, -0.2) is 0 Å². The van der Waals surface area contributed by atoms with E-state index < -0.39 is 6.10 Å². The number of hydrogen-bond donors (Lipinski definition) is 1. The highest BCUT2D eigenvalue weighted by Gasteiger charge is 2.24. The lowest BCUT2D eigenvalue weighted by molar-refractivity contribution is -0.129. The topological polar surface area (TPSA) is 49.8 Å². The number of aliphatic hydroxyl groups is 1. The van der Waals surface area contributed by atoms with Crippen LogP contribution in [0.2, 0.25) is 0 Å². The maximum absolute atomic E-state index is 11.7. The van der Waals surface area contributed by atoms with Crippen molar-refractivity contribution in [2.24, 2.45) is 0 Å². The van der Waals surface area contributed by atoms with Crippen LogP contribution in [0, 0.1) is 0 Å². The summed E-state index contributed by atoms with van der Waals surface area (Å²) in [6, 6.07) is 7.24. The van der Waals surface area contributed by atoms with Gasteiger partial charge in [0.05, 0.1) is 18.4 Å². The van der Waals surface area contributed by atoms with E-state index in [1.165, 1.54) is 5.06 Å². The van der Waals surface area contributed by atoms with Crippen LogP contribution in [0.25, 0.3) is 0 Å². The standard InChI is InChI=1S/C12H15NO3/c1-9(14)10-5-2-3-6-11(10)13-12(15)7-4-8-16-13/h2-3,5-6,9,14H,4,7-8H2,1H3. The van der Waals surface area contributed by atoms with Gasteiger partial charge in [0.2, 0.25) is 0 Å². The summed E-state index contributed by atoms with van der Waals surface area (Å²) in [6.45, 7) is 2.22. The van der Waals surface area contributed by atoms with Crippen molar-refractivity contribution in [1.29, 1.82) is 0 Å². The minimum atomic E-state index is -0.616. The van der Waals surface area contributed by atoms with Crippen molar-refractivity contribution in [2.75, 3.05) is 11.7 Å². The van der Waals surface area contributed by atoms with Gasteiger partial charge in [0.15, 0.2) is 0 Å². The van der Waals surface area contributed by atoms with Gasteiger partial charge >= 0.3 is 0 Å². The minimum Gasteiger partial charge on any atom is -0.389 e. The first-order chi connectivity index (χ1) is 7.70. The van der Waals surface area contributed by atoms with E-state index in [9.17, 15) is 9.90 Å². The van der Waals surface area contributed by atoms with Crippen molar-refractivity contribution < 1.29 is 14.7 Å². The van der Waals surface area contributed by atoms with Crippen LogP contribution >= 0.6 is 0 Å². The minimum absolute atomic E-state index is 0.0562. The van der Waals surface area contributed by atoms with Crippen molar-refractivity contribution in [2.45, 2.75) is 25.9 Å². The highest BCUT2D eigenvalue weighted by atomic mass is 16.7. The van der Waals surface area contributed by atoms with E-state index in [-0.39, 0.29) is 5.91 Å². The van der Waals surface area contributed by atoms with Gasteiger partial charge in [-0.15, -0.1) is 0 Å². The third kappa shape index (κ3) is 2.08. The Morgan fingerprint density at radius 2 is 2.19 bits per heavy atom. The van der Waals surface area contributed by atoms with Gasteiger partial charge in [0, 0.05) is 12.0 Å². The number of para-hydroxylation sites is 1. The van der Waals surface area contributed by atoms with Crippen LogP contribution in [0.1, 0.15) is 31.4 Å². The number of aliphatic hydroxyl groups excluding tert-OH is 1. The third-order valence-corrected chi connectivity index (χ3v) is 2.59. The first-order valence-electron chi connectivity index (χ1n) is 5.43. The molecule has 0 radical (unpaired) electrons. The van der Waals surface area contributed by atoms with E-state index in [1.807, 2.05) is 12.1 Å². The quantitative estimate of drug-likeness (QED) is 0.828. The molecule has 0 spiro atoms. The van der Waals surface area contributed by atoms with E-state index in [1.54, 1.807) is 19.1 Å². The second-order valence-corrected chi connectivity index (χ2v) is 3.86. The van der Waals surface area contributed by atoms with Crippen molar-refractivity contribution in [3.8, 4) is 0 Å². The molecule has 1 amide bonds. The molecule has 86 valence electrons. The highest BCUT2D eigenvalue weighted by Crippen LogP contribution is 2.28. The summed E-state index contributed by atoms with van der Waals surface area (Å²) in [4.78, 5) is 17.0. The zero-order valence-corrected chi connectivity index (χ0v) is 9.22. The molecule has 0 aromatic heterocycles. The molecule has 1 N–H and O–H groups in total. The van der Waals surface area contributed by atoms with E-state index in [4.69, 9.17) is 4.84 Å². The Hall–Kier alpha value is -1.39. The van der Waals surface area contributed by atoms with Crippen LogP contribution in [0.3, 0.4) is 0 Å². The van der Waals surface area contributed by atoms with Crippen LogP contribution < -0.4 is 5.06 Å². The molecule has 0 aliphatic carbocycles. The second kappa shape index (κ2) is 4.63. The zero-order chi connectivity index (χ0) is 11.5. The van der Waals surface area contributed by atoms with Gasteiger partial charge in [-0.05, 0) is 19.4 Å². The van der Waals surface area contributed by atoms with E-state index in [2.05, 4.69) is 0 Å². The lowest BCUT2D eigenvalue weighted by Gasteiger charge is -2.28. The van der Waals surface area contributed by atoms with Crippen molar-refractivity contribution in [3.63, 3.8) is 0 Å². The van der Waals surface area contributed by atoms with Crippen molar-refractivity contribution in [1.82, 2.24) is 0 Å². The molecule has 1 aromatic carbocycles. The van der Waals surface area contributed by atoms with E-state index in [0.29, 0.717) is 24.3 Å². The first-order valence-corrected chi connectivity index (χ1v) is 5.43. The number of benzene rings is 1. The summed E-state index contributed by atoms with van der Waals surface area (Å²) in [7, 11) is 0. The number of amides is 1. The Balaban J connectivity index is 2.34. The maximum atomic E-state index is 11.7. The number of carbonyl (C=O) groups is 1. The Morgan fingerprint density at radius 3 is 2.88 bits per heavy atom. The van der Waals surface area contributed by atoms with Crippen LogP contribution in [-0.4, -0.2) is 17.6 Å². The summed E-state index contributed by atoms with van der Waals surface area (Å²) < 4.78 is 0. The SMILES string of the molecule is CC(O)c1ccccc1N1OCCCC1=O. The molecular formula is C12H15NO3. The summed E-state index contributed by atoms with van der Waals surface area (Å²) in [5.41, 5.74) is 1.35. The molecule has 1 saturated heterocycles. The fourth-order valence-electron chi connectivity index (χ4n) is 1.78. The Kier molecular flexibility index (Phi) is 3.22. The van der Waals surface area contributed by atoms with Gasteiger partial charge < -0.3 is 5.11 Å². The van der Waals surface area contributed by atoms with E-state index in [0.717, 1.165) is 6.42 Å². The third-order valence-electron chi connectivity index (χ3n) is 2.59. The number of anilines is 1. The molecule has 4 nitrogen and oxygen atoms in total. The molecule has 0 saturated carbocycles. The molecular weight excluding hydrogens is 206 g/mol. The zero-order valence-electron chi connectivity index (χ0n) is 9.22. The van der Waals surface area contributed by atoms with Crippen LogP contribution in [0.4, 0.5) is 5.69 Å². The molecule has 1 atom stereocenters. The molecule has 1 unspecified atom stereocenters. The molecule has 2 rings (SSSR count). The molecule has 0 bridgehead atoms. The smallest absolute Gasteiger partial charge is 0.250 e. The predicted molar refractivity (Wildman–Crippen MR) is 59.7 cm³/mol. The molecule has 1 aliphatic heterocycles. The largest absolute Gasteiger partial charge is 0.389 e. The Morgan fingerprint density at radius 1 is 1.44 bits per heavy atom. The van der Waals surface area contributed by atoms with Gasteiger partial charge in [0.25, 0.3) is 5.91 Å². The number of hydroxylamine groups is 1. The molecule has 1 heterocycles. The van der Waals surface area contributed by atoms with E-state index >= 15 is 0 Å². The van der Waals surface area contributed by atoms with Gasteiger partial charge in [0.1, 0.15) is 0 Å². The summed E-state index contributed by atoms with van der Waals surface area (Å²) in [5.74, 6) is -0.0562. The normalized spacial score (nSPS) is 18.6. The molecule has 16 heavy (non-hydrogen) atoms. The lowest BCUT2D eigenvalue weighted by atomic mass is 10.1.